The molecule has 5 nitrogen and oxygen atoms in total. The van der Waals surface area contributed by atoms with Crippen LogP contribution in [0.25, 0.3) is 0 Å². The number of ether oxygens (including phenoxy) is 1. The van der Waals surface area contributed by atoms with E-state index in [0.29, 0.717) is 13.0 Å². The smallest absolute Gasteiger partial charge is 0.325 e. The van der Waals surface area contributed by atoms with Crippen molar-refractivity contribution in [2.45, 2.75) is 25.9 Å². The van der Waals surface area contributed by atoms with Gasteiger partial charge < -0.3 is 15.4 Å². The number of rotatable bonds is 6. The van der Waals surface area contributed by atoms with Gasteiger partial charge in [-0.05, 0) is 12.0 Å². The van der Waals surface area contributed by atoms with Crippen LogP contribution in [0.5, 0.6) is 0 Å². The number of nitrogens with two attached hydrogens (primary N) is 1. The fourth-order valence-corrected chi connectivity index (χ4v) is 1.65. The van der Waals surface area contributed by atoms with Crippen LogP contribution < -0.4 is 5.73 Å². The van der Waals surface area contributed by atoms with E-state index in [4.69, 9.17) is 5.73 Å². The number of nitrogens with zero attached hydrogens (tertiary/aromatic N) is 1. The number of hydrogen-bond acceptors (Lipinski definition) is 4. The van der Waals surface area contributed by atoms with Crippen LogP contribution in [0.1, 0.15) is 18.9 Å². The van der Waals surface area contributed by atoms with Gasteiger partial charge in [-0.1, -0.05) is 37.3 Å². The van der Waals surface area contributed by atoms with Crippen LogP contribution in [-0.4, -0.2) is 36.5 Å². The molecule has 0 saturated heterocycles. The molecule has 104 valence electrons. The van der Waals surface area contributed by atoms with E-state index in [9.17, 15) is 9.59 Å². The summed E-state index contributed by atoms with van der Waals surface area (Å²) in [4.78, 5) is 24.9. The molecule has 0 unspecified atom stereocenters. The van der Waals surface area contributed by atoms with Crippen LogP contribution in [0.15, 0.2) is 30.3 Å². The van der Waals surface area contributed by atoms with Crippen LogP contribution in [0.4, 0.5) is 0 Å². The van der Waals surface area contributed by atoms with Gasteiger partial charge in [0.25, 0.3) is 0 Å². The lowest BCUT2D eigenvalue weighted by molar-refractivity contribution is -0.147. The van der Waals surface area contributed by atoms with Crippen molar-refractivity contribution in [1.82, 2.24) is 4.90 Å². The van der Waals surface area contributed by atoms with Crippen molar-refractivity contribution in [3.63, 3.8) is 0 Å². The van der Waals surface area contributed by atoms with Crippen LogP contribution in [0.2, 0.25) is 0 Å². The Morgan fingerprint density at radius 1 is 1.32 bits per heavy atom. The molecular formula is C14H20N2O3. The summed E-state index contributed by atoms with van der Waals surface area (Å²) in [7, 11) is 1.30. The van der Waals surface area contributed by atoms with E-state index in [-0.39, 0.29) is 12.5 Å². The molecule has 1 amide bonds. The predicted octanol–water partition coefficient (Wildman–Crippen LogP) is 0.925. The van der Waals surface area contributed by atoms with Crippen molar-refractivity contribution >= 4 is 11.9 Å². The molecule has 0 radical (unpaired) electrons. The molecule has 0 aliphatic heterocycles. The average Bonchev–Trinajstić information content (AvgIpc) is 2.45. The van der Waals surface area contributed by atoms with Crippen molar-refractivity contribution in [3.05, 3.63) is 35.9 Å². The highest BCUT2D eigenvalue weighted by molar-refractivity contribution is 5.85. The van der Waals surface area contributed by atoms with Gasteiger partial charge in [0.2, 0.25) is 5.91 Å². The number of hydrogen-bond donors (Lipinski definition) is 1. The van der Waals surface area contributed by atoms with E-state index in [2.05, 4.69) is 4.74 Å². The summed E-state index contributed by atoms with van der Waals surface area (Å²) < 4.78 is 4.61. The van der Waals surface area contributed by atoms with Crippen molar-refractivity contribution < 1.29 is 14.3 Å². The molecule has 2 N–H and O–H groups in total. The van der Waals surface area contributed by atoms with Gasteiger partial charge in [0.05, 0.1) is 13.2 Å². The Labute approximate surface area is 113 Å². The van der Waals surface area contributed by atoms with Crippen LogP contribution in [0.3, 0.4) is 0 Å². The van der Waals surface area contributed by atoms with Crippen LogP contribution in [-0.2, 0) is 20.9 Å². The first kappa shape index (κ1) is 15.2. The Morgan fingerprint density at radius 3 is 2.47 bits per heavy atom. The van der Waals surface area contributed by atoms with E-state index in [1.165, 1.54) is 12.0 Å². The third-order valence-corrected chi connectivity index (χ3v) is 2.83. The first-order chi connectivity index (χ1) is 9.08. The lowest BCUT2D eigenvalue weighted by atomic mass is 10.1. The number of carbonyl (C=O) groups excluding carboxylic acids is 2. The van der Waals surface area contributed by atoms with Crippen molar-refractivity contribution in [3.8, 4) is 0 Å². The summed E-state index contributed by atoms with van der Waals surface area (Å²) in [6.45, 7) is 2.10. The second kappa shape index (κ2) is 7.53. The van der Waals surface area contributed by atoms with E-state index >= 15 is 0 Å². The topological polar surface area (TPSA) is 72.6 Å². The Balaban J connectivity index is 2.80. The summed E-state index contributed by atoms with van der Waals surface area (Å²) >= 11 is 0. The normalized spacial score (nSPS) is 11.7. The minimum Gasteiger partial charge on any atom is -0.468 e. The first-order valence-corrected chi connectivity index (χ1v) is 6.23. The second-order valence-corrected chi connectivity index (χ2v) is 4.27. The molecule has 0 fully saturated rings. The summed E-state index contributed by atoms with van der Waals surface area (Å²) in [6, 6.07) is 8.87. The molecule has 0 aromatic heterocycles. The average molecular weight is 264 g/mol. The van der Waals surface area contributed by atoms with Crippen LogP contribution in [0, 0.1) is 0 Å². The summed E-state index contributed by atoms with van der Waals surface area (Å²) in [5, 5.41) is 0. The molecule has 5 heteroatoms. The second-order valence-electron chi connectivity index (χ2n) is 4.27. The monoisotopic (exact) mass is 264 g/mol. The zero-order valence-electron chi connectivity index (χ0n) is 11.3. The molecule has 1 rings (SSSR count). The summed E-state index contributed by atoms with van der Waals surface area (Å²) in [5.74, 6) is -0.690. The Kier molecular flexibility index (Phi) is 6.02. The zero-order chi connectivity index (χ0) is 14.3. The van der Waals surface area contributed by atoms with E-state index in [0.717, 1.165) is 5.56 Å². The van der Waals surface area contributed by atoms with E-state index in [1.807, 2.05) is 37.3 Å². The molecule has 0 aliphatic rings. The Bertz CT molecular complexity index is 420. The van der Waals surface area contributed by atoms with Gasteiger partial charge in [-0.15, -0.1) is 0 Å². The number of amides is 1. The molecule has 19 heavy (non-hydrogen) atoms. The highest BCUT2D eigenvalue weighted by Gasteiger charge is 2.22. The minimum atomic E-state index is -0.589. The third-order valence-electron chi connectivity index (χ3n) is 2.83. The van der Waals surface area contributed by atoms with E-state index < -0.39 is 12.0 Å². The molecule has 0 aliphatic carbocycles. The lowest BCUT2D eigenvalue weighted by Gasteiger charge is -2.24. The highest BCUT2D eigenvalue weighted by Crippen LogP contribution is 2.07. The third kappa shape index (κ3) is 4.71. The van der Waals surface area contributed by atoms with Gasteiger partial charge in [-0.25, -0.2) is 0 Å². The predicted molar refractivity (Wildman–Crippen MR) is 72.1 cm³/mol. The zero-order valence-corrected chi connectivity index (χ0v) is 11.3. The number of carbonyl (C=O) groups is 2. The molecular weight excluding hydrogens is 244 g/mol. The molecule has 0 bridgehead atoms. The SMILES string of the molecule is CC[C@H](N)C(=O)N(CC(=O)OC)Cc1ccccc1. The maximum atomic E-state index is 12.1. The van der Waals surface area contributed by atoms with Gasteiger partial charge in [0, 0.05) is 6.54 Å². The molecule has 1 atom stereocenters. The fourth-order valence-electron chi connectivity index (χ4n) is 1.65. The van der Waals surface area contributed by atoms with E-state index in [1.54, 1.807) is 0 Å². The quantitative estimate of drug-likeness (QED) is 0.776. The Morgan fingerprint density at radius 2 is 1.95 bits per heavy atom. The van der Waals surface area contributed by atoms with Gasteiger partial charge in [-0.3, -0.25) is 9.59 Å². The minimum absolute atomic E-state index is 0.0854. The van der Waals surface area contributed by atoms with Gasteiger partial charge in [0.1, 0.15) is 6.54 Å². The molecule has 1 aromatic rings. The fraction of sp³-hybridized carbons (Fsp3) is 0.429. The molecule has 1 aromatic carbocycles. The standard InChI is InChI=1S/C14H20N2O3/c1-3-12(15)14(18)16(10-13(17)19-2)9-11-7-5-4-6-8-11/h4-8,12H,3,9-10,15H2,1-2H3/t12-/m0/s1. The maximum Gasteiger partial charge on any atom is 0.325 e. The summed E-state index contributed by atoms with van der Waals surface area (Å²) in [6.07, 6.45) is 0.533. The maximum absolute atomic E-state index is 12.1. The Hall–Kier alpha value is -1.88. The lowest BCUT2D eigenvalue weighted by Crippen LogP contribution is -2.45. The van der Waals surface area contributed by atoms with Crippen molar-refractivity contribution in [2.24, 2.45) is 5.73 Å². The van der Waals surface area contributed by atoms with Crippen molar-refractivity contribution in [2.75, 3.05) is 13.7 Å². The summed E-state index contributed by atoms with van der Waals surface area (Å²) in [5.41, 5.74) is 6.69. The number of benzene rings is 1. The largest absolute Gasteiger partial charge is 0.468 e. The van der Waals surface area contributed by atoms with Gasteiger partial charge in [0.15, 0.2) is 0 Å². The molecule has 0 spiro atoms. The highest BCUT2D eigenvalue weighted by atomic mass is 16.5. The first-order valence-electron chi connectivity index (χ1n) is 6.23. The van der Waals surface area contributed by atoms with Crippen LogP contribution >= 0.6 is 0 Å². The number of methoxy groups -OCH3 is 1. The van der Waals surface area contributed by atoms with Gasteiger partial charge >= 0.3 is 5.97 Å². The van der Waals surface area contributed by atoms with Gasteiger partial charge in [-0.2, -0.15) is 0 Å². The van der Waals surface area contributed by atoms with Crippen molar-refractivity contribution in [1.29, 1.82) is 0 Å². The molecule has 0 heterocycles. The molecule has 0 saturated carbocycles. The number of esters is 1.